The maximum Gasteiger partial charge on any atom is 0.0426 e. The molecule has 0 aromatic carbocycles. The average molecular weight is 255 g/mol. The first kappa shape index (κ1) is 9.97. The van der Waals surface area contributed by atoms with Crippen molar-refractivity contribution >= 4 is 21.6 Å². The first-order valence-electron chi connectivity index (χ1n) is 5.03. The van der Waals surface area contributed by atoms with Gasteiger partial charge in [-0.1, -0.05) is 15.9 Å². The Kier molecular flexibility index (Phi) is 3.06. The van der Waals surface area contributed by atoms with E-state index in [0.717, 1.165) is 11.2 Å². The Morgan fingerprint density at radius 2 is 2.50 bits per heavy atom. The van der Waals surface area contributed by atoms with Crippen molar-refractivity contribution in [3.8, 4) is 0 Å². The first-order chi connectivity index (χ1) is 6.81. The molecule has 1 atom stereocenters. The molecule has 1 aliphatic rings. The molecule has 2 heterocycles. The summed E-state index contributed by atoms with van der Waals surface area (Å²) in [5.41, 5.74) is 2.63. The Morgan fingerprint density at radius 1 is 1.64 bits per heavy atom. The van der Waals surface area contributed by atoms with E-state index in [1.807, 2.05) is 12.4 Å². The van der Waals surface area contributed by atoms with Gasteiger partial charge in [0.15, 0.2) is 0 Å². The standard InChI is InChI=1S/C11H15BrN2/c1-9-7-13-4-2-11(9)14-5-3-10(6-12)8-14/h2,4,7,10H,3,5-6,8H2,1H3. The molecule has 0 N–H and O–H groups in total. The topological polar surface area (TPSA) is 16.1 Å². The smallest absolute Gasteiger partial charge is 0.0426 e. The van der Waals surface area contributed by atoms with Crippen molar-refractivity contribution in [1.29, 1.82) is 0 Å². The minimum atomic E-state index is 0.808. The Hall–Kier alpha value is -0.570. The summed E-state index contributed by atoms with van der Waals surface area (Å²) in [6.45, 7) is 4.49. The number of anilines is 1. The predicted octanol–water partition coefficient (Wildman–Crippen LogP) is 2.61. The number of hydrogen-bond donors (Lipinski definition) is 0. The quantitative estimate of drug-likeness (QED) is 0.755. The molecule has 0 amide bonds. The molecule has 0 radical (unpaired) electrons. The molecule has 2 nitrogen and oxygen atoms in total. The summed E-state index contributed by atoms with van der Waals surface area (Å²) >= 11 is 3.56. The highest BCUT2D eigenvalue weighted by molar-refractivity contribution is 9.09. The van der Waals surface area contributed by atoms with E-state index in [0.29, 0.717) is 0 Å². The summed E-state index contributed by atoms with van der Waals surface area (Å²) in [4.78, 5) is 6.58. The minimum Gasteiger partial charge on any atom is -0.371 e. The van der Waals surface area contributed by atoms with Crippen molar-refractivity contribution < 1.29 is 0 Å². The van der Waals surface area contributed by atoms with Gasteiger partial charge in [-0.2, -0.15) is 0 Å². The van der Waals surface area contributed by atoms with Crippen molar-refractivity contribution in [3.63, 3.8) is 0 Å². The maximum atomic E-state index is 4.12. The highest BCUT2D eigenvalue weighted by Gasteiger charge is 2.22. The van der Waals surface area contributed by atoms with Gasteiger partial charge in [-0.25, -0.2) is 0 Å². The molecule has 0 bridgehead atoms. The highest BCUT2D eigenvalue weighted by atomic mass is 79.9. The van der Waals surface area contributed by atoms with Gasteiger partial charge in [0.1, 0.15) is 0 Å². The monoisotopic (exact) mass is 254 g/mol. The third kappa shape index (κ3) is 1.92. The molecule has 76 valence electrons. The van der Waals surface area contributed by atoms with Gasteiger partial charge in [-0.3, -0.25) is 4.98 Å². The molecular formula is C11H15BrN2. The predicted molar refractivity (Wildman–Crippen MR) is 63.1 cm³/mol. The SMILES string of the molecule is Cc1cnccc1N1CCC(CBr)C1. The van der Waals surface area contributed by atoms with Crippen LogP contribution in [-0.2, 0) is 0 Å². The molecule has 1 aromatic rings. The zero-order chi connectivity index (χ0) is 9.97. The lowest BCUT2D eigenvalue weighted by Gasteiger charge is -2.20. The van der Waals surface area contributed by atoms with Gasteiger partial charge < -0.3 is 4.90 Å². The number of nitrogens with zero attached hydrogens (tertiary/aromatic N) is 2. The summed E-state index contributed by atoms with van der Waals surface area (Å²) in [6.07, 6.45) is 5.12. The molecule has 1 unspecified atom stereocenters. The first-order valence-corrected chi connectivity index (χ1v) is 6.15. The van der Waals surface area contributed by atoms with Crippen LogP contribution in [0.25, 0.3) is 0 Å². The Morgan fingerprint density at radius 3 is 3.14 bits per heavy atom. The largest absolute Gasteiger partial charge is 0.371 e. The van der Waals surface area contributed by atoms with E-state index in [-0.39, 0.29) is 0 Å². The number of rotatable bonds is 2. The van der Waals surface area contributed by atoms with E-state index in [9.17, 15) is 0 Å². The zero-order valence-electron chi connectivity index (χ0n) is 8.41. The third-order valence-electron chi connectivity index (χ3n) is 2.84. The van der Waals surface area contributed by atoms with Gasteiger partial charge in [0.2, 0.25) is 0 Å². The van der Waals surface area contributed by atoms with E-state index >= 15 is 0 Å². The highest BCUT2D eigenvalue weighted by Crippen LogP contribution is 2.26. The Labute approximate surface area is 93.5 Å². The van der Waals surface area contributed by atoms with Crippen LogP contribution in [0.3, 0.4) is 0 Å². The molecule has 14 heavy (non-hydrogen) atoms. The normalized spacial score (nSPS) is 21.6. The van der Waals surface area contributed by atoms with Crippen LogP contribution >= 0.6 is 15.9 Å². The molecule has 0 saturated carbocycles. The Bertz CT molecular complexity index is 314. The second-order valence-corrected chi connectivity index (χ2v) is 4.56. The minimum absolute atomic E-state index is 0.808. The Balaban J connectivity index is 2.13. The molecule has 0 spiro atoms. The molecular weight excluding hydrogens is 240 g/mol. The number of aryl methyl sites for hydroxylation is 1. The fourth-order valence-electron chi connectivity index (χ4n) is 2.00. The van der Waals surface area contributed by atoms with Crippen LogP contribution < -0.4 is 4.90 Å². The number of pyridine rings is 1. The van der Waals surface area contributed by atoms with E-state index in [1.165, 1.54) is 30.8 Å². The van der Waals surface area contributed by atoms with Crippen molar-refractivity contribution in [2.24, 2.45) is 5.92 Å². The lowest BCUT2D eigenvalue weighted by atomic mass is 10.2. The van der Waals surface area contributed by atoms with E-state index in [2.05, 4.69) is 38.8 Å². The van der Waals surface area contributed by atoms with Gasteiger partial charge >= 0.3 is 0 Å². The van der Waals surface area contributed by atoms with Gasteiger partial charge in [-0.15, -0.1) is 0 Å². The van der Waals surface area contributed by atoms with Crippen LogP contribution in [0.2, 0.25) is 0 Å². The summed E-state index contributed by atoms with van der Waals surface area (Å²) in [5.74, 6) is 0.808. The lowest BCUT2D eigenvalue weighted by molar-refractivity contribution is 0.676. The fourth-order valence-corrected chi connectivity index (χ4v) is 2.53. The van der Waals surface area contributed by atoms with Gasteiger partial charge in [0.25, 0.3) is 0 Å². The summed E-state index contributed by atoms with van der Waals surface area (Å²) in [7, 11) is 0. The summed E-state index contributed by atoms with van der Waals surface area (Å²) in [6, 6.07) is 2.12. The van der Waals surface area contributed by atoms with Crippen LogP contribution in [0.5, 0.6) is 0 Å². The fraction of sp³-hybridized carbons (Fsp3) is 0.545. The van der Waals surface area contributed by atoms with Crippen LogP contribution in [0.1, 0.15) is 12.0 Å². The summed E-state index contributed by atoms with van der Waals surface area (Å²) in [5, 5.41) is 1.12. The van der Waals surface area contributed by atoms with Crippen molar-refractivity contribution in [2.75, 3.05) is 23.3 Å². The number of halogens is 1. The molecule has 1 fully saturated rings. The molecule has 1 saturated heterocycles. The molecule has 0 aliphatic carbocycles. The summed E-state index contributed by atoms with van der Waals surface area (Å²) < 4.78 is 0. The molecule has 1 aliphatic heterocycles. The second-order valence-electron chi connectivity index (χ2n) is 3.92. The van der Waals surface area contributed by atoms with Crippen LogP contribution in [0.15, 0.2) is 18.5 Å². The van der Waals surface area contributed by atoms with Crippen molar-refractivity contribution in [2.45, 2.75) is 13.3 Å². The molecule has 2 rings (SSSR count). The number of hydrogen-bond acceptors (Lipinski definition) is 2. The van der Waals surface area contributed by atoms with Crippen molar-refractivity contribution in [1.82, 2.24) is 4.98 Å². The third-order valence-corrected chi connectivity index (χ3v) is 3.75. The maximum absolute atomic E-state index is 4.12. The van der Waals surface area contributed by atoms with Crippen LogP contribution in [-0.4, -0.2) is 23.4 Å². The lowest BCUT2D eigenvalue weighted by Crippen LogP contribution is -2.20. The second kappa shape index (κ2) is 4.30. The van der Waals surface area contributed by atoms with E-state index in [1.54, 1.807) is 0 Å². The van der Waals surface area contributed by atoms with E-state index in [4.69, 9.17) is 0 Å². The molecule has 1 aromatic heterocycles. The number of aromatic nitrogens is 1. The average Bonchev–Trinajstić information content (AvgIpc) is 2.67. The van der Waals surface area contributed by atoms with Gasteiger partial charge in [0, 0.05) is 36.5 Å². The zero-order valence-corrected chi connectivity index (χ0v) is 10.00. The molecule has 3 heteroatoms. The van der Waals surface area contributed by atoms with E-state index < -0.39 is 0 Å². The van der Waals surface area contributed by atoms with Crippen LogP contribution in [0, 0.1) is 12.8 Å². The van der Waals surface area contributed by atoms with Gasteiger partial charge in [0.05, 0.1) is 0 Å². The van der Waals surface area contributed by atoms with Gasteiger partial charge in [-0.05, 0) is 30.9 Å². The number of alkyl halides is 1. The van der Waals surface area contributed by atoms with Crippen LogP contribution in [0.4, 0.5) is 5.69 Å². The van der Waals surface area contributed by atoms with Crippen molar-refractivity contribution in [3.05, 3.63) is 24.0 Å².